The van der Waals surface area contributed by atoms with E-state index in [1.807, 2.05) is 0 Å². The van der Waals surface area contributed by atoms with Gasteiger partial charge in [-0.2, -0.15) is 0 Å². The Bertz CT molecular complexity index is 446. The standard InChI is InChI=1S/C13H16BrNO3/c1-18-9-4-5-12(16)10(6-9)13(17)15-7-11(14)8-2-3-8/h4-6,8,11,16H,2-3,7H2,1H3,(H,15,17). The van der Waals surface area contributed by atoms with Crippen LogP contribution in [0.3, 0.4) is 0 Å². The Morgan fingerprint density at radius 3 is 2.94 bits per heavy atom. The van der Waals surface area contributed by atoms with Crippen LogP contribution in [0, 0.1) is 5.92 Å². The molecular weight excluding hydrogens is 298 g/mol. The van der Waals surface area contributed by atoms with Gasteiger partial charge < -0.3 is 15.2 Å². The number of aromatic hydroxyl groups is 1. The summed E-state index contributed by atoms with van der Waals surface area (Å²) in [5.41, 5.74) is 0.241. The fourth-order valence-corrected chi connectivity index (χ4v) is 2.42. The molecule has 0 heterocycles. The molecule has 0 aliphatic heterocycles. The van der Waals surface area contributed by atoms with Crippen LogP contribution in [0.15, 0.2) is 18.2 Å². The van der Waals surface area contributed by atoms with E-state index >= 15 is 0 Å². The molecule has 1 fully saturated rings. The number of alkyl halides is 1. The van der Waals surface area contributed by atoms with E-state index in [4.69, 9.17) is 4.74 Å². The molecule has 1 saturated carbocycles. The lowest BCUT2D eigenvalue weighted by Gasteiger charge is -2.11. The molecule has 5 heteroatoms. The van der Waals surface area contributed by atoms with Gasteiger partial charge in [0, 0.05) is 11.4 Å². The molecule has 2 rings (SSSR count). The predicted octanol–water partition coefficient (Wildman–Crippen LogP) is 2.30. The number of carbonyl (C=O) groups is 1. The summed E-state index contributed by atoms with van der Waals surface area (Å²) in [6.07, 6.45) is 2.44. The molecule has 1 aliphatic carbocycles. The minimum absolute atomic E-state index is 0.0363. The summed E-state index contributed by atoms with van der Waals surface area (Å²) in [6, 6.07) is 4.61. The van der Waals surface area contributed by atoms with E-state index in [1.165, 1.54) is 32.1 Å². The summed E-state index contributed by atoms with van der Waals surface area (Å²) in [7, 11) is 1.52. The number of phenols is 1. The van der Waals surface area contributed by atoms with Crippen LogP contribution < -0.4 is 10.1 Å². The number of ether oxygens (including phenoxy) is 1. The van der Waals surface area contributed by atoms with Crippen LogP contribution in [-0.2, 0) is 0 Å². The van der Waals surface area contributed by atoms with E-state index in [0.717, 1.165) is 0 Å². The molecule has 1 aliphatic rings. The lowest BCUT2D eigenvalue weighted by molar-refractivity contribution is 0.0950. The molecule has 0 saturated heterocycles. The Kier molecular flexibility index (Phi) is 4.11. The van der Waals surface area contributed by atoms with Gasteiger partial charge in [0.1, 0.15) is 11.5 Å². The lowest BCUT2D eigenvalue weighted by atomic mass is 10.1. The lowest BCUT2D eigenvalue weighted by Crippen LogP contribution is -2.30. The number of carbonyl (C=O) groups excluding carboxylic acids is 1. The fraction of sp³-hybridized carbons (Fsp3) is 0.462. The molecule has 2 N–H and O–H groups in total. The molecule has 18 heavy (non-hydrogen) atoms. The Morgan fingerprint density at radius 2 is 2.33 bits per heavy atom. The Labute approximate surface area is 114 Å². The summed E-state index contributed by atoms with van der Waals surface area (Å²) in [5.74, 6) is 0.905. The van der Waals surface area contributed by atoms with Gasteiger partial charge >= 0.3 is 0 Å². The van der Waals surface area contributed by atoms with Crippen molar-refractivity contribution in [2.24, 2.45) is 5.92 Å². The molecule has 1 aromatic carbocycles. The first-order chi connectivity index (χ1) is 8.61. The van der Waals surface area contributed by atoms with E-state index in [1.54, 1.807) is 6.07 Å². The topological polar surface area (TPSA) is 58.6 Å². The van der Waals surface area contributed by atoms with Crippen molar-refractivity contribution in [2.75, 3.05) is 13.7 Å². The first-order valence-electron chi connectivity index (χ1n) is 5.91. The van der Waals surface area contributed by atoms with Gasteiger partial charge in [-0.1, -0.05) is 15.9 Å². The van der Waals surface area contributed by atoms with Crippen LogP contribution >= 0.6 is 15.9 Å². The number of rotatable bonds is 5. The van der Waals surface area contributed by atoms with Crippen LogP contribution in [0.2, 0.25) is 0 Å². The first kappa shape index (κ1) is 13.2. The minimum Gasteiger partial charge on any atom is -0.507 e. The van der Waals surface area contributed by atoms with Gasteiger partial charge in [-0.25, -0.2) is 0 Å². The van der Waals surface area contributed by atoms with Gasteiger partial charge in [0.05, 0.1) is 12.7 Å². The second kappa shape index (κ2) is 5.61. The summed E-state index contributed by atoms with van der Waals surface area (Å²) < 4.78 is 5.03. The molecule has 0 radical (unpaired) electrons. The van der Waals surface area contributed by atoms with Crippen LogP contribution in [0.4, 0.5) is 0 Å². The van der Waals surface area contributed by atoms with Crippen molar-refractivity contribution in [3.63, 3.8) is 0 Å². The predicted molar refractivity (Wildman–Crippen MR) is 72.4 cm³/mol. The molecule has 0 aromatic heterocycles. The third kappa shape index (κ3) is 3.16. The minimum atomic E-state index is -0.281. The zero-order valence-electron chi connectivity index (χ0n) is 10.1. The van der Waals surface area contributed by atoms with Crippen molar-refractivity contribution in [1.82, 2.24) is 5.32 Å². The quantitative estimate of drug-likeness (QED) is 0.820. The summed E-state index contributed by atoms with van der Waals surface area (Å²) in [5, 5.41) is 12.5. The highest BCUT2D eigenvalue weighted by Gasteiger charge is 2.29. The molecule has 1 atom stereocenters. The fourth-order valence-electron chi connectivity index (χ4n) is 1.73. The second-order valence-corrected chi connectivity index (χ2v) is 5.62. The SMILES string of the molecule is COc1ccc(O)c(C(=O)NCC(Br)C2CC2)c1. The van der Waals surface area contributed by atoms with E-state index in [0.29, 0.717) is 23.0 Å². The molecular formula is C13H16BrNO3. The van der Waals surface area contributed by atoms with Crippen molar-refractivity contribution in [3.8, 4) is 11.5 Å². The Balaban J connectivity index is 1.98. The molecule has 1 amide bonds. The smallest absolute Gasteiger partial charge is 0.255 e. The highest BCUT2D eigenvalue weighted by atomic mass is 79.9. The Morgan fingerprint density at radius 1 is 1.61 bits per heavy atom. The number of methoxy groups -OCH3 is 1. The average molecular weight is 314 g/mol. The Hall–Kier alpha value is -1.23. The number of amides is 1. The van der Waals surface area contributed by atoms with Gasteiger partial charge in [0.25, 0.3) is 5.91 Å². The summed E-state index contributed by atoms with van der Waals surface area (Å²) in [6.45, 7) is 0.570. The second-order valence-electron chi connectivity index (χ2n) is 4.45. The van der Waals surface area contributed by atoms with Crippen molar-refractivity contribution in [1.29, 1.82) is 0 Å². The highest BCUT2D eigenvalue weighted by molar-refractivity contribution is 9.09. The van der Waals surface area contributed by atoms with Crippen molar-refractivity contribution >= 4 is 21.8 Å². The molecule has 98 valence electrons. The zero-order valence-corrected chi connectivity index (χ0v) is 11.7. The normalized spacial score (nSPS) is 16.1. The molecule has 0 spiro atoms. The maximum absolute atomic E-state index is 11.9. The van der Waals surface area contributed by atoms with Crippen LogP contribution in [0.5, 0.6) is 11.5 Å². The number of phenolic OH excluding ortho intramolecular Hbond substituents is 1. The largest absolute Gasteiger partial charge is 0.507 e. The van der Waals surface area contributed by atoms with E-state index in [9.17, 15) is 9.90 Å². The van der Waals surface area contributed by atoms with E-state index in [2.05, 4.69) is 21.2 Å². The van der Waals surface area contributed by atoms with Gasteiger partial charge in [-0.05, 0) is 37.0 Å². The number of hydrogen-bond acceptors (Lipinski definition) is 3. The molecule has 1 aromatic rings. The van der Waals surface area contributed by atoms with Gasteiger partial charge in [-0.15, -0.1) is 0 Å². The maximum atomic E-state index is 11.9. The number of nitrogens with one attached hydrogen (secondary N) is 1. The summed E-state index contributed by atoms with van der Waals surface area (Å²) >= 11 is 3.55. The molecule has 0 bridgehead atoms. The van der Waals surface area contributed by atoms with Gasteiger partial charge in [-0.3, -0.25) is 4.79 Å². The van der Waals surface area contributed by atoms with Crippen LogP contribution in [0.1, 0.15) is 23.2 Å². The average Bonchev–Trinajstić information content (AvgIpc) is 3.20. The van der Waals surface area contributed by atoms with Crippen molar-refractivity contribution in [2.45, 2.75) is 17.7 Å². The van der Waals surface area contributed by atoms with Gasteiger partial charge in [0.15, 0.2) is 0 Å². The van der Waals surface area contributed by atoms with Crippen LogP contribution in [0.25, 0.3) is 0 Å². The maximum Gasteiger partial charge on any atom is 0.255 e. The molecule has 4 nitrogen and oxygen atoms in total. The monoisotopic (exact) mass is 313 g/mol. The van der Waals surface area contributed by atoms with Crippen molar-refractivity contribution in [3.05, 3.63) is 23.8 Å². The third-order valence-corrected chi connectivity index (χ3v) is 4.11. The third-order valence-electron chi connectivity index (χ3n) is 3.04. The molecule has 1 unspecified atom stereocenters. The number of hydrogen-bond donors (Lipinski definition) is 2. The summed E-state index contributed by atoms with van der Waals surface area (Å²) in [4.78, 5) is 12.2. The van der Waals surface area contributed by atoms with Crippen LogP contribution in [-0.4, -0.2) is 29.5 Å². The number of halogens is 1. The van der Waals surface area contributed by atoms with E-state index in [-0.39, 0.29) is 17.2 Å². The highest BCUT2D eigenvalue weighted by Crippen LogP contribution is 2.36. The number of benzene rings is 1. The van der Waals surface area contributed by atoms with E-state index < -0.39 is 0 Å². The zero-order chi connectivity index (χ0) is 13.1. The van der Waals surface area contributed by atoms with Gasteiger partial charge in [0.2, 0.25) is 0 Å². The first-order valence-corrected chi connectivity index (χ1v) is 6.82. The van der Waals surface area contributed by atoms with Crippen molar-refractivity contribution < 1.29 is 14.6 Å².